The van der Waals surface area contributed by atoms with Crippen molar-refractivity contribution in [1.82, 2.24) is 0 Å². The number of nitro groups is 2. The number of nitrogens with zero attached hydrogens (tertiary/aromatic N) is 2. The third kappa shape index (κ3) is 8.60. The Bertz CT molecular complexity index is 2260. The molecule has 0 aromatic heterocycles. The van der Waals surface area contributed by atoms with Crippen molar-refractivity contribution in [3.8, 4) is 46.0 Å². The third-order valence-electron chi connectivity index (χ3n) is 10.2. The monoisotopic (exact) mass is 766 g/mol. The summed E-state index contributed by atoms with van der Waals surface area (Å²) >= 11 is 0. The molecule has 0 aliphatic heterocycles. The van der Waals surface area contributed by atoms with E-state index in [0.717, 1.165) is 67.1 Å². The molecule has 0 radical (unpaired) electrons. The zero-order chi connectivity index (χ0) is 41.3. The Labute approximate surface area is 332 Å². The van der Waals surface area contributed by atoms with Gasteiger partial charge in [-0.2, -0.15) is 0 Å². The van der Waals surface area contributed by atoms with Crippen LogP contribution < -0.4 is 18.9 Å². The van der Waals surface area contributed by atoms with E-state index in [0.29, 0.717) is 34.5 Å². The third-order valence-corrected chi connectivity index (χ3v) is 10.2. The lowest BCUT2D eigenvalue weighted by atomic mass is 9.76. The van der Waals surface area contributed by atoms with Gasteiger partial charge in [0.1, 0.15) is 46.0 Å². The lowest BCUT2D eigenvalue weighted by molar-refractivity contribution is -0.385. The minimum Gasteiger partial charge on any atom is -0.457 e. The summed E-state index contributed by atoms with van der Waals surface area (Å²) in [7, 11) is 0. The predicted octanol–water partition coefficient (Wildman–Crippen LogP) is 13.5. The van der Waals surface area contributed by atoms with Gasteiger partial charge >= 0.3 is 0 Å². The minimum absolute atomic E-state index is 0.00883. The van der Waals surface area contributed by atoms with E-state index in [4.69, 9.17) is 18.9 Å². The number of hydrogen-bond acceptors (Lipinski definition) is 8. The second-order valence-corrected chi connectivity index (χ2v) is 15.2. The molecule has 6 aromatic rings. The van der Waals surface area contributed by atoms with Crippen molar-refractivity contribution in [2.75, 3.05) is 0 Å². The maximum atomic E-state index is 11.0. The van der Waals surface area contributed by atoms with Crippen molar-refractivity contribution >= 4 is 11.4 Å². The number of rotatable bonds is 12. The molecule has 6 rings (SSSR count). The summed E-state index contributed by atoms with van der Waals surface area (Å²) in [6.45, 7) is 20.5. The first-order valence-electron chi connectivity index (χ1n) is 18.6. The summed E-state index contributed by atoms with van der Waals surface area (Å²) in [5.74, 6) is 5.37. The highest BCUT2D eigenvalue weighted by molar-refractivity contribution is 5.56. The molecule has 0 spiro atoms. The molecule has 10 nitrogen and oxygen atoms in total. The Balaban J connectivity index is 1.19. The number of non-ortho nitro benzene ring substituents is 2. The number of aryl methyl sites for hydroxylation is 8. The molecule has 0 aliphatic rings. The molecule has 10 heteroatoms. The van der Waals surface area contributed by atoms with E-state index in [2.05, 4.69) is 65.8 Å². The number of ether oxygens (including phenoxy) is 4. The van der Waals surface area contributed by atoms with Crippen LogP contribution in [0.15, 0.2) is 97.1 Å². The molecule has 0 saturated carbocycles. The molecule has 0 N–H and O–H groups in total. The molecule has 0 atom stereocenters. The standard InChI is InChI=1S/C47H46N2O8/c1-27-19-35(20-28(2)43(27)56-41-23-31(5)45(32(6)24-41)54-39-15-11-37(12-16-39)48(50)51)47(9,10)36-21-29(3)44(30(4)22-36)57-42-25-33(7)46(34(8)26-42)55-40-17-13-38(14-18-40)49(52)53/h11-26H,1-10H3. The van der Waals surface area contributed by atoms with Crippen molar-refractivity contribution in [3.05, 3.63) is 173 Å². The molecular weight excluding hydrogens is 721 g/mol. The van der Waals surface area contributed by atoms with Gasteiger partial charge in [0.25, 0.3) is 11.4 Å². The van der Waals surface area contributed by atoms with Crippen LogP contribution >= 0.6 is 0 Å². The molecule has 0 saturated heterocycles. The average Bonchev–Trinajstić information content (AvgIpc) is 3.14. The van der Waals surface area contributed by atoms with Gasteiger partial charge in [0, 0.05) is 29.7 Å². The maximum Gasteiger partial charge on any atom is 0.269 e. The fraction of sp³-hybridized carbons (Fsp3) is 0.234. The van der Waals surface area contributed by atoms with Crippen molar-refractivity contribution in [3.63, 3.8) is 0 Å². The van der Waals surface area contributed by atoms with E-state index >= 15 is 0 Å². The quantitative estimate of drug-likeness (QED) is 0.0891. The second kappa shape index (κ2) is 15.8. The van der Waals surface area contributed by atoms with E-state index in [1.54, 1.807) is 24.3 Å². The number of hydrogen-bond donors (Lipinski definition) is 0. The highest BCUT2D eigenvalue weighted by Crippen LogP contribution is 2.42. The van der Waals surface area contributed by atoms with Crippen molar-refractivity contribution in [2.24, 2.45) is 0 Å². The Kier molecular flexibility index (Phi) is 11.1. The molecule has 0 unspecified atom stereocenters. The van der Waals surface area contributed by atoms with E-state index in [1.165, 1.54) is 24.3 Å². The Morgan fingerprint density at radius 1 is 0.386 bits per heavy atom. The molecule has 6 aromatic carbocycles. The second-order valence-electron chi connectivity index (χ2n) is 15.2. The van der Waals surface area contributed by atoms with E-state index in [-0.39, 0.29) is 16.8 Å². The first-order valence-corrected chi connectivity index (χ1v) is 18.6. The summed E-state index contributed by atoms with van der Waals surface area (Å²) < 4.78 is 25.3. The predicted molar refractivity (Wildman–Crippen MR) is 222 cm³/mol. The summed E-state index contributed by atoms with van der Waals surface area (Å²) in [5, 5.41) is 22.1. The van der Waals surface area contributed by atoms with Gasteiger partial charge in [-0.3, -0.25) is 20.2 Å². The fourth-order valence-corrected chi connectivity index (χ4v) is 7.11. The van der Waals surface area contributed by atoms with Crippen LogP contribution in [0.2, 0.25) is 0 Å². The van der Waals surface area contributed by atoms with Crippen LogP contribution in [0.25, 0.3) is 0 Å². The molecule has 0 aliphatic carbocycles. The molecule has 0 amide bonds. The van der Waals surface area contributed by atoms with Gasteiger partial charge in [0.15, 0.2) is 0 Å². The summed E-state index contributed by atoms with van der Waals surface area (Å²) in [4.78, 5) is 21.2. The Morgan fingerprint density at radius 3 is 0.860 bits per heavy atom. The van der Waals surface area contributed by atoms with Gasteiger partial charge in [-0.1, -0.05) is 38.1 Å². The Morgan fingerprint density at radius 2 is 0.614 bits per heavy atom. The summed E-state index contributed by atoms with van der Waals surface area (Å²) in [6, 6.07) is 28.6. The van der Waals surface area contributed by atoms with Crippen LogP contribution in [0.1, 0.15) is 69.5 Å². The topological polar surface area (TPSA) is 123 Å². The van der Waals surface area contributed by atoms with Crippen LogP contribution in [0.5, 0.6) is 46.0 Å². The number of nitro benzene ring substituents is 2. The zero-order valence-electron chi connectivity index (χ0n) is 33.9. The highest BCUT2D eigenvalue weighted by Gasteiger charge is 2.27. The molecular formula is C47H46N2O8. The van der Waals surface area contributed by atoms with Gasteiger partial charge in [-0.25, -0.2) is 0 Å². The molecule has 0 fully saturated rings. The fourth-order valence-electron chi connectivity index (χ4n) is 7.11. The van der Waals surface area contributed by atoms with Crippen LogP contribution in [0.3, 0.4) is 0 Å². The van der Waals surface area contributed by atoms with Gasteiger partial charge in [0.2, 0.25) is 0 Å². The van der Waals surface area contributed by atoms with E-state index in [9.17, 15) is 20.2 Å². The summed E-state index contributed by atoms with van der Waals surface area (Å²) in [5.41, 5.74) is 9.57. The van der Waals surface area contributed by atoms with Crippen LogP contribution in [-0.4, -0.2) is 9.85 Å². The molecule has 292 valence electrons. The maximum absolute atomic E-state index is 11.0. The Hall–Kier alpha value is -6.68. The minimum atomic E-state index is -0.435. The van der Waals surface area contributed by atoms with Crippen molar-refractivity contribution in [2.45, 2.75) is 74.7 Å². The van der Waals surface area contributed by atoms with Gasteiger partial charge in [0.05, 0.1) is 9.85 Å². The van der Waals surface area contributed by atoms with E-state index in [1.807, 2.05) is 52.0 Å². The average molecular weight is 767 g/mol. The lowest BCUT2D eigenvalue weighted by Crippen LogP contribution is -2.20. The SMILES string of the molecule is Cc1cc(Oc2c(C)cc(C(C)(C)c3cc(C)c(Oc4cc(C)c(Oc5ccc([N+](=O)[O-])cc5)c(C)c4)c(C)c3)cc2C)cc(C)c1Oc1ccc([N+](=O)[O-])cc1. The van der Waals surface area contributed by atoms with Crippen molar-refractivity contribution < 1.29 is 28.8 Å². The molecule has 57 heavy (non-hydrogen) atoms. The highest BCUT2D eigenvalue weighted by atomic mass is 16.6. The molecule has 0 heterocycles. The zero-order valence-corrected chi connectivity index (χ0v) is 33.9. The normalized spacial score (nSPS) is 11.3. The van der Waals surface area contributed by atoms with Crippen LogP contribution in [0.4, 0.5) is 11.4 Å². The first kappa shape index (κ1) is 40.0. The molecule has 0 bridgehead atoms. The van der Waals surface area contributed by atoms with Gasteiger partial charge in [-0.15, -0.1) is 0 Å². The van der Waals surface area contributed by atoms with Crippen LogP contribution in [0, 0.1) is 75.6 Å². The van der Waals surface area contributed by atoms with Crippen LogP contribution in [-0.2, 0) is 5.41 Å². The number of benzene rings is 6. The van der Waals surface area contributed by atoms with Gasteiger partial charge in [-0.05, 0) is 160 Å². The summed E-state index contributed by atoms with van der Waals surface area (Å²) in [6.07, 6.45) is 0. The smallest absolute Gasteiger partial charge is 0.269 e. The largest absolute Gasteiger partial charge is 0.457 e. The first-order chi connectivity index (χ1) is 26.9. The van der Waals surface area contributed by atoms with Gasteiger partial charge < -0.3 is 18.9 Å². The van der Waals surface area contributed by atoms with Crippen molar-refractivity contribution in [1.29, 1.82) is 0 Å². The lowest BCUT2D eigenvalue weighted by Gasteiger charge is -2.29. The van der Waals surface area contributed by atoms with E-state index < -0.39 is 9.85 Å².